The summed E-state index contributed by atoms with van der Waals surface area (Å²) in [4.78, 5) is 49.7. The second kappa shape index (κ2) is 18.2. The minimum absolute atomic E-state index is 0.232. The highest BCUT2D eigenvalue weighted by Crippen LogP contribution is 2.46. The lowest BCUT2D eigenvalue weighted by molar-refractivity contribution is -0.134. The molecule has 6 heterocycles. The smallest absolute Gasteiger partial charge is 0.234 e. The summed E-state index contributed by atoms with van der Waals surface area (Å²) < 4.78 is 35.5. The number of ether oxygens (including phenoxy) is 1. The van der Waals surface area contributed by atoms with Gasteiger partial charge in [-0.05, 0) is 142 Å². The summed E-state index contributed by atoms with van der Waals surface area (Å²) in [5.41, 5.74) is 6.04. The third-order valence-electron chi connectivity index (χ3n) is 14.1. The van der Waals surface area contributed by atoms with Crippen LogP contribution in [0.1, 0.15) is 74.2 Å². The van der Waals surface area contributed by atoms with Crippen LogP contribution in [-0.4, -0.2) is 102 Å². The van der Waals surface area contributed by atoms with Gasteiger partial charge in [0.15, 0.2) is 0 Å². The SMILES string of the molecule is COc1cc(N2CCC3(CC2)CCN(C2CCN(c4ccc(C5CCC(=O)NC5=O)c(F)c4)CC2)CC3)c(C)cc1Nc1ncc(Br)c(Nc2ccc3nc(C)ncc3c2P(C)(C)=O)n1. The number of nitrogens with one attached hydrogen (secondary N) is 3. The van der Waals surface area contributed by atoms with Gasteiger partial charge >= 0.3 is 0 Å². The Bertz CT molecular complexity index is 2690. The molecule has 1 atom stereocenters. The Balaban J connectivity index is 0.794. The fraction of sp³-hybridized carbons (Fsp3) is 0.458. The average molecular weight is 968 g/mol. The van der Waals surface area contributed by atoms with E-state index in [1.54, 1.807) is 45.0 Å². The van der Waals surface area contributed by atoms with Gasteiger partial charge in [-0.25, -0.2) is 19.3 Å². The van der Waals surface area contributed by atoms with E-state index >= 15 is 4.39 Å². The van der Waals surface area contributed by atoms with Crippen molar-refractivity contribution in [2.45, 2.75) is 77.2 Å². The van der Waals surface area contributed by atoms with Crippen LogP contribution in [0, 0.1) is 25.1 Å². The summed E-state index contributed by atoms with van der Waals surface area (Å²) in [6.45, 7) is 13.4. The number of hydrogen-bond acceptors (Lipinski definition) is 13. The first-order valence-corrected chi connectivity index (χ1v) is 26.0. The highest BCUT2D eigenvalue weighted by Gasteiger charge is 2.40. The van der Waals surface area contributed by atoms with Crippen molar-refractivity contribution in [3.05, 3.63) is 82.1 Å². The fourth-order valence-corrected chi connectivity index (χ4v) is 12.2. The molecule has 4 fully saturated rings. The third kappa shape index (κ3) is 9.44. The van der Waals surface area contributed by atoms with Crippen LogP contribution in [0.15, 0.2) is 59.3 Å². The van der Waals surface area contributed by atoms with Crippen LogP contribution in [0.3, 0.4) is 0 Å². The van der Waals surface area contributed by atoms with Gasteiger partial charge in [0.05, 0.1) is 34.4 Å². The number of halogens is 2. The van der Waals surface area contributed by atoms with Crippen molar-refractivity contribution in [3.8, 4) is 5.75 Å². The Morgan fingerprint density at radius 2 is 1.60 bits per heavy atom. The normalized spacial score (nSPS) is 19.7. The van der Waals surface area contributed by atoms with Crippen molar-refractivity contribution in [1.82, 2.24) is 30.2 Å². The lowest BCUT2D eigenvalue weighted by Gasteiger charge is -2.50. The second-order valence-electron chi connectivity index (χ2n) is 18.6. The monoisotopic (exact) mass is 966 g/mol. The minimum atomic E-state index is -2.76. The molecule has 1 unspecified atom stereocenters. The molecule has 2 amide bonds. The second-order valence-corrected chi connectivity index (χ2v) is 22.6. The van der Waals surface area contributed by atoms with Gasteiger partial charge in [0.25, 0.3) is 0 Å². The van der Waals surface area contributed by atoms with Crippen molar-refractivity contribution in [2.75, 3.05) is 80.1 Å². The summed E-state index contributed by atoms with van der Waals surface area (Å²) in [5, 5.41) is 10.5. The van der Waals surface area contributed by atoms with Crippen molar-refractivity contribution in [1.29, 1.82) is 0 Å². The molecule has 342 valence electrons. The van der Waals surface area contributed by atoms with Crippen molar-refractivity contribution in [3.63, 3.8) is 0 Å². The molecule has 14 nitrogen and oxygen atoms in total. The molecule has 3 N–H and O–H groups in total. The number of aryl methyl sites for hydroxylation is 2. The molecule has 0 radical (unpaired) electrons. The number of rotatable bonds is 10. The van der Waals surface area contributed by atoms with E-state index in [-0.39, 0.29) is 18.1 Å². The number of benzene rings is 3. The summed E-state index contributed by atoms with van der Waals surface area (Å²) in [6, 6.07) is 13.7. The summed E-state index contributed by atoms with van der Waals surface area (Å²) >= 11 is 3.61. The van der Waals surface area contributed by atoms with Crippen molar-refractivity contribution in [2.24, 2.45) is 5.41 Å². The Hall–Kier alpha value is -5.18. The first-order valence-electron chi connectivity index (χ1n) is 22.6. The molecule has 3 aromatic carbocycles. The first-order chi connectivity index (χ1) is 31.2. The fourth-order valence-electron chi connectivity index (χ4n) is 10.5. The molecule has 0 saturated carbocycles. The molecule has 0 aliphatic carbocycles. The van der Waals surface area contributed by atoms with E-state index in [1.165, 1.54) is 18.5 Å². The van der Waals surface area contributed by atoms with Gasteiger partial charge in [-0.2, -0.15) is 4.98 Å². The number of nitrogens with zero attached hydrogens (tertiary/aromatic N) is 7. The number of methoxy groups -OCH3 is 1. The quantitative estimate of drug-likeness (QED) is 0.0905. The number of amides is 2. The average Bonchev–Trinajstić information content (AvgIpc) is 3.28. The number of imide groups is 1. The predicted molar refractivity (Wildman–Crippen MR) is 259 cm³/mol. The number of piperidine rings is 4. The standard InChI is InChI=1S/C48H57BrFN10O4P/c1-29-24-40(55-47-52-28-36(49)45(57-47)54-39-10-9-38-35(27-51-30(2)53-38)44(39)65(4,5)63)42(64-3)26-41(29)60-22-16-48(17-23-60)14-20-59(21-15-48)31-12-18-58(19-13-31)32-6-7-33(37(50)25-32)34-8-11-43(61)56-46(34)62/h6-7,9-10,24-28,31,34H,8,11-23H2,1-5H3,(H,56,61,62)(H2,52,54,55,57). The molecule has 4 aliphatic heterocycles. The number of aromatic nitrogens is 4. The zero-order valence-electron chi connectivity index (χ0n) is 37.7. The van der Waals surface area contributed by atoms with Crippen molar-refractivity contribution < 1.29 is 23.3 Å². The number of anilines is 6. The summed E-state index contributed by atoms with van der Waals surface area (Å²) in [7, 11) is -1.08. The van der Waals surface area contributed by atoms with Crippen LogP contribution in [0.2, 0.25) is 0 Å². The van der Waals surface area contributed by atoms with E-state index in [9.17, 15) is 14.2 Å². The first kappa shape index (κ1) is 45.0. The van der Waals surface area contributed by atoms with E-state index in [2.05, 4.69) is 80.6 Å². The molecule has 0 bridgehead atoms. The lowest BCUT2D eigenvalue weighted by Crippen LogP contribution is -2.52. The van der Waals surface area contributed by atoms with E-state index in [0.717, 1.165) is 92.8 Å². The van der Waals surface area contributed by atoms with Crippen LogP contribution < -0.4 is 35.8 Å². The van der Waals surface area contributed by atoms with Crippen LogP contribution in [-0.2, 0) is 14.2 Å². The van der Waals surface area contributed by atoms with E-state index in [1.807, 2.05) is 25.1 Å². The predicted octanol–water partition coefficient (Wildman–Crippen LogP) is 8.55. The zero-order chi connectivity index (χ0) is 45.6. The van der Waals surface area contributed by atoms with Gasteiger partial charge in [-0.1, -0.05) is 6.07 Å². The maximum Gasteiger partial charge on any atom is 0.234 e. The van der Waals surface area contributed by atoms with Crippen molar-refractivity contribution >= 4 is 85.6 Å². The lowest BCUT2D eigenvalue weighted by atomic mass is 9.70. The van der Waals surface area contributed by atoms with Crippen LogP contribution in [0.25, 0.3) is 10.9 Å². The summed E-state index contributed by atoms with van der Waals surface area (Å²) in [6.07, 6.45) is 10.8. The van der Waals surface area contributed by atoms with Gasteiger partial charge in [0.2, 0.25) is 17.8 Å². The highest BCUT2D eigenvalue weighted by molar-refractivity contribution is 9.10. The molecular weight excluding hydrogens is 910 g/mol. The van der Waals surface area contributed by atoms with Gasteiger partial charge in [-0.3, -0.25) is 14.9 Å². The topological polar surface area (TPSA) is 158 Å². The van der Waals surface area contributed by atoms with Gasteiger partial charge in [0, 0.05) is 84.7 Å². The molecule has 4 aliphatic rings. The van der Waals surface area contributed by atoms with Gasteiger partial charge < -0.3 is 34.6 Å². The molecule has 5 aromatic rings. The Kier molecular flexibility index (Phi) is 12.6. The van der Waals surface area contributed by atoms with Crippen LogP contribution in [0.4, 0.5) is 38.9 Å². The number of hydrogen-bond donors (Lipinski definition) is 3. The Labute approximate surface area is 388 Å². The van der Waals surface area contributed by atoms with Gasteiger partial charge in [-0.15, -0.1) is 0 Å². The summed E-state index contributed by atoms with van der Waals surface area (Å²) in [5.74, 6) is 0.540. The van der Waals surface area contributed by atoms with Gasteiger partial charge in [0.1, 0.15) is 30.4 Å². The molecule has 1 spiro atoms. The number of carbonyl (C=O) groups is 2. The number of carbonyl (C=O) groups excluding carboxylic acids is 2. The molecule has 4 saturated heterocycles. The van der Waals surface area contributed by atoms with Crippen LogP contribution >= 0.6 is 23.1 Å². The number of fused-ring (bicyclic) bond motifs is 1. The highest BCUT2D eigenvalue weighted by atomic mass is 79.9. The third-order valence-corrected chi connectivity index (χ3v) is 16.3. The number of likely N-dealkylation sites (tertiary alicyclic amines) is 1. The molecule has 17 heteroatoms. The Morgan fingerprint density at radius 3 is 2.29 bits per heavy atom. The minimum Gasteiger partial charge on any atom is -0.494 e. The van der Waals surface area contributed by atoms with E-state index in [0.29, 0.717) is 62.2 Å². The maximum absolute atomic E-state index is 15.3. The largest absolute Gasteiger partial charge is 0.494 e. The van der Waals surface area contributed by atoms with E-state index < -0.39 is 19.0 Å². The molecule has 9 rings (SSSR count). The molecule has 2 aromatic heterocycles. The van der Waals surface area contributed by atoms with Crippen LogP contribution in [0.5, 0.6) is 5.75 Å². The molecular formula is C48H57BrFN10O4P. The Morgan fingerprint density at radius 1 is 0.862 bits per heavy atom. The van der Waals surface area contributed by atoms with E-state index in [4.69, 9.17) is 9.72 Å². The maximum atomic E-state index is 15.3. The zero-order valence-corrected chi connectivity index (χ0v) is 40.2. The molecule has 65 heavy (non-hydrogen) atoms.